The summed E-state index contributed by atoms with van der Waals surface area (Å²) < 4.78 is 0. The number of anilines is 1. The number of benzene rings is 1. The van der Waals surface area contributed by atoms with Crippen LogP contribution in [0.1, 0.15) is 45.3 Å². The Morgan fingerprint density at radius 2 is 2.00 bits per heavy atom. The van der Waals surface area contributed by atoms with Crippen LogP contribution in [0.15, 0.2) is 35.1 Å². The summed E-state index contributed by atoms with van der Waals surface area (Å²) in [6, 6.07) is 8.33. The Labute approximate surface area is 127 Å². The van der Waals surface area contributed by atoms with Gasteiger partial charge in [-0.25, -0.2) is 0 Å². The van der Waals surface area contributed by atoms with E-state index in [2.05, 4.69) is 10.3 Å². The van der Waals surface area contributed by atoms with Crippen LogP contribution in [0.4, 0.5) is 5.69 Å². The summed E-state index contributed by atoms with van der Waals surface area (Å²) in [4.78, 5) is 38.5. The first-order valence-electron chi connectivity index (χ1n) is 7.22. The molecule has 5 heteroatoms. The summed E-state index contributed by atoms with van der Waals surface area (Å²) >= 11 is 0. The first-order valence-corrected chi connectivity index (χ1v) is 7.22. The van der Waals surface area contributed by atoms with Crippen molar-refractivity contribution in [2.45, 2.75) is 26.2 Å². The number of amides is 1. The van der Waals surface area contributed by atoms with Gasteiger partial charge in [0.15, 0.2) is 5.78 Å². The van der Waals surface area contributed by atoms with Gasteiger partial charge in [0, 0.05) is 16.9 Å². The van der Waals surface area contributed by atoms with Crippen LogP contribution < -0.4 is 10.9 Å². The van der Waals surface area contributed by atoms with Crippen molar-refractivity contribution >= 4 is 17.4 Å². The highest BCUT2D eigenvalue weighted by Crippen LogP contribution is 2.19. The molecule has 2 aromatic rings. The number of aromatic amines is 1. The topological polar surface area (TPSA) is 79.0 Å². The average molecular weight is 296 g/mol. The third-order valence-corrected chi connectivity index (χ3v) is 3.86. The van der Waals surface area contributed by atoms with Gasteiger partial charge in [-0.05, 0) is 49.9 Å². The summed E-state index contributed by atoms with van der Waals surface area (Å²) in [5.74, 6) is -0.539. The smallest absolute Gasteiger partial charge is 0.261 e. The molecule has 1 aliphatic carbocycles. The molecular weight excluding hydrogens is 280 g/mol. The minimum Gasteiger partial charge on any atom is -0.325 e. The van der Waals surface area contributed by atoms with Gasteiger partial charge in [0.1, 0.15) is 5.56 Å². The number of H-pyrrole nitrogens is 1. The van der Waals surface area contributed by atoms with Crippen molar-refractivity contribution in [2.24, 2.45) is 0 Å². The molecule has 0 spiro atoms. The van der Waals surface area contributed by atoms with Crippen molar-refractivity contribution < 1.29 is 9.59 Å². The van der Waals surface area contributed by atoms with Crippen LogP contribution >= 0.6 is 0 Å². The first-order chi connectivity index (χ1) is 10.5. The van der Waals surface area contributed by atoms with E-state index in [1.165, 1.54) is 6.92 Å². The summed E-state index contributed by atoms with van der Waals surface area (Å²) in [6.45, 7) is 1.46. The van der Waals surface area contributed by atoms with Crippen molar-refractivity contribution in [3.8, 4) is 0 Å². The molecule has 1 aromatic carbocycles. The monoisotopic (exact) mass is 296 g/mol. The third kappa shape index (κ3) is 2.70. The van der Waals surface area contributed by atoms with E-state index in [1.54, 1.807) is 30.3 Å². The minimum absolute atomic E-state index is 0.0773. The van der Waals surface area contributed by atoms with Crippen LogP contribution in [-0.4, -0.2) is 16.7 Å². The zero-order chi connectivity index (χ0) is 15.7. The van der Waals surface area contributed by atoms with Crippen LogP contribution in [0, 0.1) is 0 Å². The highest BCUT2D eigenvalue weighted by molar-refractivity contribution is 6.05. The van der Waals surface area contributed by atoms with Crippen molar-refractivity contribution in [3.63, 3.8) is 0 Å². The minimum atomic E-state index is -0.461. The van der Waals surface area contributed by atoms with Gasteiger partial charge < -0.3 is 10.3 Å². The molecule has 0 aliphatic heterocycles. The molecule has 1 aromatic heterocycles. The summed E-state index contributed by atoms with van der Waals surface area (Å²) in [6.07, 6.45) is 2.73. The van der Waals surface area contributed by atoms with E-state index < -0.39 is 5.91 Å². The molecule has 112 valence electrons. The number of hydrogen-bond acceptors (Lipinski definition) is 3. The molecule has 0 unspecified atom stereocenters. The van der Waals surface area contributed by atoms with Crippen LogP contribution in [-0.2, 0) is 12.8 Å². The number of rotatable bonds is 3. The van der Waals surface area contributed by atoms with Crippen LogP contribution in [0.25, 0.3) is 0 Å². The van der Waals surface area contributed by atoms with Gasteiger partial charge >= 0.3 is 0 Å². The van der Waals surface area contributed by atoms with E-state index >= 15 is 0 Å². The second-order valence-electron chi connectivity index (χ2n) is 5.46. The summed E-state index contributed by atoms with van der Waals surface area (Å²) in [5.41, 5.74) is 2.70. The predicted molar refractivity (Wildman–Crippen MR) is 83.5 cm³/mol. The number of hydrogen-bond donors (Lipinski definition) is 2. The van der Waals surface area contributed by atoms with E-state index in [9.17, 15) is 14.4 Å². The van der Waals surface area contributed by atoms with E-state index in [4.69, 9.17) is 0 Å². The maximum atomic E-state index is 12.3. The number of Topliss-reactive ketones (excluding diaryl/α,β-unsaturated/α-hetero) is 1. The van der Waals surface area contributed by atoms with Crippen LogP contribution in [0.3, 0.4) is 0 Å². The number of aromatic nitrogens is 1. The number of carbonyl (C=O) groups is 2. The first kappa shape index (κ1) is 14.3. The Bertz CT molecular complexity index is 821. The van der Waals surface area contributed by atoms with Crippen molar-refractivity contribution in [1.29, 1.82) is 0 Å². The van der Waals surface area contributed by atoms with E-state index in [0.717, 1.165) is 30.5 Å². The highest BCUT2D eigenvalue weighted by Gasteiger charge is 2.18. The molecule has 3 rings (SSSR count). The maximum Gasteiger partial charge on any atom is 0.261 e. The maximum absolute atomic E-state index is 12.3. The fourth-order valence-corrected chi connectivity index (χ4v) is 2.70. The predicted octanol–water partition coefficient (Wildman–Crippen LogP) is 2.32. The molecule has 0 radical (unpaired) electrons. The highest BCUT2D eigenvalue weighted by atomic mass is 16.2. The molecule has 2 N–H and O–H groups in total. The average Bonchev–Trinajstić information content (AvgIpc) is 2.93. The zero-order valence-corrected chi connectivity index (χ0v) is 12.2. The Morgan fingerprint density at radius 1 is 1.18 bits per heavy atom. The number of pyridine rings is 1. The lowest BCUT2D eigenvalue weighted by Crippen LogP contribution is -2.24. The van der Waals surface area contributed by atoms with Gasteiger partial charge in [-0.2, -0.15) is 0 Å². The largest absolute Gasteiger partial charge is 0.325 e. The third-order valence-electron chi connectivity index (χ3n) is 3.86. The molecule has 0 atom stereocenters. The van der Waals surface area contributed by atoms with Gasteiger partial charge in [-0.3, -0.25) is 14.4 Å². The fraction of sp³-hybridized carbons (Fsp3) is 0.235. The molecular formula is C17H16N2O3. The van der Waals surface area contributed by atoms with Gasteiger partial charge in [0.2, 0.25) is 0 Å². The summed E-state index contributed by atoms with van der Waals surface area (Å²) in [5, 5.41) is 2.67. The van der Waals surface area contributed by atoms with Crippen LogP contribution in [0.5, 0.6) is 0 Å². The standard InChI is InChI=1S/C17H16N2O3/c1-10(20)11-4-2-6-13(8-11)18-16(21)14-9-12-5-3-7-15(12)19-17(14)22/h2,4,6,8-9H,3,5,7H2,1H3,(H,18,21)(H,19,22). The SMILES string of the molecule is CC(=O)c1cccc(NC(=O)c2cc3c([nH]c2=O)CCC3)c1. The molecule has 1 amide bonds. The zero-order valence-electron chi connectivity index (χ0n) is 12.2. The second kappa shape index (κ2) is 5.60. The van der Waals surface area contributed by atoms with E-state index in [1.807, 2.05) is 0 Å². The van der Waals surface area contributed by atoms with E-state index in [0.29, 0.717) is 11.3 Å². The van der Waals surface area contributed by atoms with Gasteiger partial charge in [-0.1, -0.05) is 12.1 Å². The Kier molecular flexibility index (Phi) is 3.63. The van der Waals surface area contributed by atoms with E-state index in [-0.39, 0.29) is 16.9 Å². The van der Waals surface area contributed by atoms with Crippen molar-refractivity contribution in [3.05, 3.63) is 63.1 Å². The molecule has 0 fully saturated rings. The van der Waals surface area contributed by atoms with Crippen molar-refractivity contribution in [1.82, 2.24) is 4.98 Å². The molecule has 0 saturated carbocycles. The quantitative estimate of drug-likeness (QED) is 0.853. The number of fused-ring (bicyclic) bond motifs is 1. The van der Waals surface area contributed by atoms with Gasteiger partial charge in [0.25, 0.3) is 11.5 Å². The molecule has 0 bridgehead atoms. The van der Waals surface area contributed by atoms with Gasteiger partial charge in [0.05, 0.1) is 0 Å². The Hall–Kier alpha value is -2.69. The number of ketones is 1. The number of nitrogens with one attached hydrogen (secondary N) is 2. The molecule has 1 heterocycles. The molecule has 5 nitrogen and oxygen atoms in total. The van der Waals surface area contributed by atoms with Crippen molar-refractivity contribution in [2.75, 3.05) is 5.32 Å². The fourth-order valence-electron chi connectivity index (χ4n) is 2.70. The lowest BCUT2D eigenvalue weighted by atomic mass is 10.1. The van der Waals surface area contributed by atoms with Crippen LogP contribution in [0.2, 0.25) is 0 Å². The molecule has 1 aliphatic rings. The summed E-state index contributed by atoms with van der Waals surface area (Å²) in [7, 11) is 0. The Balaban J connectivity index is 1.88. The normalized spacial score (nSPS) is 12.8. The second-order valence-corrected chi connectivity index (χ2v) is 5.46. The lowest BCUT2D eigenvalue weighted by molar-refractivity contribution is 0.101. The number of aryl methyl sites for hydroxylation is 2. The Morgan fingerprint density at radius 3 is 2.77 bits per heavy atom. The van der Waals surface area contributed by atoms with Gasteiger partial charge in [-0.15, -0.1) is 0 Å². The molecule has 0 saturated heterocycles. The number of carbonyl (C=O) groups excluding carboxylic acids is 2. The lowest BCUT2D eigenvalue weighted by Gasteiger charge is -2.07. The molecule has 22 heavy (non-hydrogen) atoms.